The van der Waals surface area contributed by atoms with E-state index in [0.717, 1.165) is 31.2 Å². The molecule has 3 nitrogen and oxygen atoms in total. The molecule has 1 N–H and O–H groups in total. The van der Waals surface area contributed by atoms with Gasteiger partial charge in [0.05, 0.1) is 13.1 Å². The highest BCUT2D eigenvalue weighted by Crippen LogP contribution is 2.15. The molecular formula is C14H24N2O. The van der Waals surface area contributed by atoms with Crippen molar-refractivity contribution in [2.24, 2.45) is 0 Å². The lowest BCUT2D eigenvalue weighted by Gasteiger charge is -2.25. The molecule has 1 aliphatic rings. The maximum Gasteiger partial charge on any atom is 0.118 e. The Bertz CT molecular complexity index is 316. The first-order valence-electron chi connectivity index (χ1n) is 6.89. The average Bonchev–Trinajstić information content (AvgIpc) is 2.79. The molecule has 0 atom stereocenters. The van der Waals surface area contributed by atoms with Gasteiger partial charge in [0.15, 0.2) is 0 Å². The molecule has 0 radical (unpaired) electrons. The van der Waals surface area contributed by atoms with E-state index in [-0.39, 0.29) is 0 Å². The number of hydrogen-bond donors (Lipinski definition) is 1. The number of nitrogens with zero attached hydrogens (tertiary/aromatic N) is 1. The number of hydrogen-bond acceptors (Lipinski definition) is 3. The second-order valence-electron chi connectivity index (χ2n) is 4.88. The van der Waals surface area contributed by atoms with E-state index >= 15 is 0 Å². The molecule has 0 saturated carbocycles. The second kappa shape index (κ2) is 6.82. The monoisotopic (exact) mass is 236 g/mol. The molecule has 0 aliphatic carbocycles. The van der Waals surface area contributed by atoms with Crippen molar-refractivity contribution in [2.45, 2.75) is 45.7 Å². The summed E-state index contributed by atoms with van der Waals surface area (Å²) in [5, 5.41) is 3.36. The van der Waals surface area contributed by atoms with Gasteiger partial charge in [-0.05, 0) is 51.0 Å². The predicted octanol–water partition coefficient (Wildman–Crippen LogP) is 2.77. The van der Waals surface area contributed by atoms with Gasteiger partial charge < -0.3 is 9.73 Å². The number of piperidine rings is 1. The minimum absolute atomic E-state index is 0.855. The normalized spacial score (nSPS) is 17.5. The third-order valence-electron chi connectivity index (χ3n) is 3.27. The highest BCUT2D eigenvalue weighted by Gasteiger charge is 2.12. The van der Waals surface area contributed by atoms with Crippen LogP contribution in [0.3, 0.4) is 0 Å². The number of furan rings is 1. The summed E-state index contributed by atoms with van der Waals surface area (Å²) >= 11 is 0. The first-order valence-corrected chi connectivity index (χ1v) is 6.89. The van der Waals surface area contributed by atoms with Crippen molar-refractivity contribution in [3.63, 3.8) is 0 Å². The van der Waals surface area contributed by atoms with Crippen molar-refractivity contribution in [2.75, 3.05) is 19.6 Å². The highest BCUT2D eigenvalue weighted by molar-refractivity contribution is 5.07. The molecule has 96 valence electrons. The van der Waals surface area contributed by atoms with Crippen molar-refractivity contribution in [1.29, 1.82) is 0 Å². The van der Waals surface area contributed by atoms with Crippen LogP contribution in [0, 0.1) is 0 Å². The lowest BCUT2D eigenvalue weighted by molar-refractivity contribution is 0.203. The molecular weight excluding hydrogens is 212 g/mol. The summed E-state index contributed by atoms with van der Waals surface area (Å²) in [6, 6.07) is 4.22. The van der Waals surface area contributed by atoms with Crippen LogP contribution in [0.1, 0.15) is 44.1 Å². The van der Waals surface area contributed by atoms with Crippen molar-refractivity contribution in [1.82, 2.24) is 10.2 Å². The summed E-state index contributed by atoms with van der Waals surface area (Å²) in [6.07, 6.45) is 5.24. The summed E-state index contributed by atoms with van der Waals surface area (Å²) < 4.78 is 5.83. The Balaban J connectivity index is 1.76. The number of nitrogens with one attached hydrogen (secondary N) is 1. The standard InChI is InChI=1S/C14H24N2O/c1-2-8-15-11-13-6-7-14(17-13)12-16-9-4-3-5-10-16/h6-7,15H,2-5,8-12H2,1H3. The molecule has 1 aromatic heterocycles. The smallest absolute Gasteiger partial charge is 0.118 e. The van der Waals surface area contributed by atoms with Gasteiger partial charge in [-0.2, -0.15) is 0 Å². The van der Waals surface area contributed by atoms with Crippen molar-refractivity contribution in [3.8, 4) is 0 Å². The number of likely N-dealkylation sites (tertiary alicyclic amines) is 1. The average molecular weight is 236 g/mol. The van der Waals surface area contributed by atoms with Crippen LogP contribution in [0.4, 0.5) is 0 Å². The zero-order chi connectivity index (χ0) is 11.9. The zero-order valence-corrected chi connectivity index (χ0v) is 10.9. The Morgan fingerprint density at radius 3 is 2.71 bits per heavy atom. The van der Waals surface area contributed by atoms with E-state index in [4.69, 9.17) is 4.42 Å². The minimum Gasteiger partial charge on any atom is -0.463 e. The zero-order valence-electron chi connectivity index (χ0n) is 10.9. The summed E-state index contributed by atoms with van der Waals surface area (Å²) in [4.78, 5) is 2.49. The van der Waals surface area contributed by atoms with Crippen LogP contribution in [0.5, 0.6) is 0 Å². The van der Waals surface area contributed by atoms with E-state index < -0.39 is 0 Å². The minimum atomic E-state index is 0.855. The van der Waals surface area contributed by atoms with Crippen LogP contribution < -0.4 is 5.32 Å². The quantitative estimate of drug-likeness (QED) is 0.770. The van der Waals surface area contributed by atoms with Gasteiger partial charge in [-0.3, -0.25) is 4.90 Å². The summed E-state index contributed by atoms with van der Waals surface area (Å²) in [7, 11) is 0. The highest BCUT2D eigenvalue weighted by atomic mass is 16.3. The van der Waals surface area contributed by atoms with Crippen LogP contribution in [-0.4, -0.2) is 24.5 Å². The molecule has 17 heavy (non-hydrogen) atoms. The molecule has 1 aliphatic heterocycles. The molecule has 1 saturated heterocycles. The van der Waals surface area contributed by atoms with Gasteiger partial charge in [0, 0.05) is 0 Å². The van der Waals surface area contributed by atoms with Gasteiger partial charge >= 0.3 is 0 Å². The molecule has 0 bridgehead atoms. The van der Waals surface area contributed by atoms with Crippen LogP contribution >= 0.6 is 0 Å². The van der Waals surface area contributed by atoms with Gasteiger partial charge in [0.25, 0.3) is 0 Å². The van der Waals surface area contributed by atoms with E-state index in [9.17, 15) is 0 Å². The van der Waals surface area contributed by atoms with Gasteiger partial charge in [-0.1, -0.05) is 13.3 Å². The fraction of sp³-hybridized carbons (Fsp3) is 0.714. The van der Waals surface area contributed by atoms with E-state index in [0.29, 0.717) is 0 Å². The molecule has 0 spiro atoms. The lowest BCUT2D eigenvalue weighted by Crippen LogP contribution is -2.28. The van der Waals surface area contributed by atoms with Gasteiger partial charge in [-0.15, -0.1) is 0 Å². The van der Waals surface area contributed by atoms with Crippen LogP contribution in [0.25, 0.3) is 0 Å². The van der Waals surface area contributed by atoms with Crippen molar-refractivity contribution >= 4 is 0 Å². The fourth-order valence-electron chi connectivity index (χ4n) is 2.33. The summed E-state index contributed by atoms with van der Waals surface area (Å²) in [5.74, 6) is 2.17. The SMILES string of the molecule is CCCNCc1ccc(CN2CCCCC2)o1. The van der Waals surface area contributed by atoms with Gasteiger partial charge in [0.2, 0.25) is 0 Å². The van der Waals surface area contributed by atoms with E-state index in [1.165, 1.54) is 38.8 Å². The molecule has 0 amide bonds. The molecule has 2 heterocycles. The fourth-order valence-corrected chi connectivity index (χ4v) is 2.33. The maximum atomic E-state index is 5.83. The summed E-state index contributed by atoms with van der Waals surface area (Å²) in [6.45, 7) is 7.52. The molecule has 0 unspecified atom stereocenters. The summed E-state index contributed by atoms with van der Waals surface area (Å²) in [5.41, 5.74) is 0. The largest absolute Gasteiger partial charge is 0.463 e. The second-order valence-corrected chi connectivity index (χ2v) is 4.88. The third-order valence-corrected chi connectivity index (χ3v) is 3.27. The van der Waals surface area contributed by atoms with Crippen LogP contribution in [0.15, 0.2) is 16.5 Å². The van der Waals surface area contributed by atoms with Crippen molar-refractivity contribution in [3.05, 3.63) is 23.7 Å². The van der Waals surface area contributed by atoms with E-state index in [1.54, 1.807) is 0 Å². The molecule has 1 fully saturated rings. The van der Waals surface area contributed by atoms with Gasteiger partial charge in [0.1, 0.15) is 11.5 Å². The first kappa shape index (κ1) is 12.7. The predicted molar refractivity (Wildman–Crippen MR) is 69.8 cm³/mol. The topological polar surface area (TPSA) is 28.4 Å². The van der Waals surface area contributed by atoms with Crippen LogP contribution in [-0.2, 0) is 13.1 Å². The van der Waals surface area contributed by atoms with Gasteiger partial charge in [-0.25, -0.2) is 0 Å². The number of rotatable bonds is 6. The van der Waals surface area contributed by atoms with Crippen molar-refractivity contribution < 1.29 is 4.42 Å². The third kappa shape index (κ3) is 4.17. The molecule has 0 aromatic carbocycles. The molecule has 2 rings (SSSR count). The lowest BCUT2D eigenvalue weighted by atomic mass is 10.1. The molecule has 1 aromatic rings. The van der Waals surface area contributed by atoms with Crippen LogP contribution in [0.2, 0.25) is 0 Å². The van der Waals surface area contributed by atoms with E-state index in [1.807, 2.05) is 0 Å². The first-order chi connectivity index (χ1) is 8.38. The molecule has 3 heteroatoms. The Kier molecular flexibility index (Phi) is 5.08. The maximum absolute atomic E-state index is 5.83. The Labute approximate surface area is 104 Å². The Morgan fingerprint density at radius 1 is 1.18 bits per heavy atom. The Hall–Kier alpha value is -0.800. The Morgan fingerprint density at radius 2 is 1.94 bits per heavy atom. The van der Waals surface area contributed by atoms with E-state index in [2.05, 4.69) is 29.3 Å².